The van der Waals surface area contributed by atoms with Gasteiger partial charge in [0.25, 0.3) is 5.91 Å². The van der Waals surface area contributed by atoms with Crippen molar-refractivity contribution < 1.29 is 33.4 Å². The molecule has 0 heterocycles. The van der Waals surface area contributed by atoms with E-state index in [9.17, 15) is 19.2 Å². The molecule has 1 aliphatic rings. The maximum absolute atomic E-state index is 12.9. The van der Waals surface area contributed by atoms with Crippen molar-refractivity contribution >= 4 is 35.2 Å². The summed E-state index contributed by atoms with van der Waals surface area (Å²) in [6, 6.07) is 16.2. The summed E-state index contributed by atoms with van der Waals surface area (Å²) < 4.78 is 15.7. The van der Waals surface area contributed by atoms with Crippen LogP contribution in [0.1, 0.15) is 44.3 Å². The van der Waals surface area contributed by atoms with Gasteiger partial charge < -0.3 is 19.5 Å². The largest absolute Gasteiger partial charge is 0.497 e. The fraction of sp³-hybridized carbons (Fsp3) is 0.143. The molecule has 0 saturated carbocycles. The summed E-state index contributed by atoms with van der Waals surface area (Å²) in [5.41, 5.74) is 2.05. The Morgan fingerprint density at radius 3 is 2.17 bits per heavy atom. The maximum Gasteiger partial charge on any atom is 0.331 e. The lowest BCUT2D eigenvalue weighted by Gasteiger charge is -2.18. The number of fused-ring (bicyclic) bond motifs is 2. The van der Waals surface area contributed by atoms with Crippen LogP contribution in [0.15, 0.2) is 66.7 Å². The first-order valence-corrected chi connectivity index (χ1v) is 11.1. The van der Waals surface area contributed by atoms with Crippen molar-refractivity contribution in [1.29, 1.82) is 0 Å². The van der Waals surface area contributed by atoms with E-state index in [0.29, 0.717) is 33.9 Å². The van der Waals surface area contributed by atoms with Gasteiger partial charge in [-0.15, -0.1) is 0 Å². The molecule has 4 rings (SSSR count). The van der Waals surface area contributed by atoms with Crippen LogP contribution >= 0.6 is 0 Å². The quantitative estimate of drug-likeness (QED) is 0.311. The summed E-state index contributed by atoms with van der Waals surface area (Å²) in [6.07, 6.45) is 1.56. The van der Waals surface area contributed by atoms with Gasteiger partial charge in [-0.1, -0.05) is 24.3 Å². The Labute approximate surface area is 207 Å². The van der Waals surface area contributed by atoms with Crippen LogP contribution in [0.2, 0.25) is 0 Å². The lowest BCUT2D eigenvalue weighted by molar-refractivity contribution is -0.148. The Bertz CT molecular complexity index is 1410. The number of carbonyl (C=O) groups excluding carboxylic acids is 4. The fourth-order valence-electron chi connectivity index (χ4n) is 3.82. The van der Waals surface area contributed by atoms with Gasteiger partial charge >= 0.3 is 5.97 Å². The zero-order valence-corrected chi connectivity index (χ0v) is 19.9. The molecule has 0 spiro atoms. The third-order valence-corrected chi connectivity index (χ3v) is 5.69. The number of hydrogen-bond acceptors (Lipinski definition) is 7. The van der Waals surface area contributed by atoms with Crippen LogP contribution in [0, 0.1) is 0 Å². The van der Waals surface area contributed by atoms with Crippen molar-refractivity contribution in [2.75, 3.05) is 19.5 Å². The topological polar surface area (TPSA) is 108 Å². The molecule has 8 nitrogen and oxygen atoms in total. The average molecular weight is 485 g/mol. The fourth-order valence-corrected chi connectivity index (χ4v) is 3.82. The van der Waals surface area contributed by atoms with Crippen LogP contribution in [0.4, 0.5) is 5.69 Å². The monoisotopic (exact) mass is 485 g/mol. The van der Waals surface area contributed by atoms with Gasteiger partial charge in [-0.25, -0.2) is 4.79 Å². The van der Waals surface area contributed by atoms with E-state index in [1.165, 1.54) is 51.5 Å². The number of methoxy groups -OCH3 is 2. The summed E-state index contributed by atoms with van der Waals surface area (Å²) in [4.78, 5) is 50.5. The Balaban J connectivity index is 1.43. The van der Waals surface area contributed by atoms with E-state index in [1.807, 2.05) is 0 Å². The summed E-state index contributed by atoms with van der Waals surface area (Å²) in [7, 11) is 3.03. The molecular weight excluding hydrogens is 462 g/mol. The second kappa shape index (κ2) is 10.3. The predicted octanol–water partition coefficient (Wildman–Crippen LogP) is 4.06. The standard InChI is InChI=1S/C28H23NO7/c1-16(36-25(30)13-8-17-14-19(34-2)10-12-24(17)35-3)28(33)29-18-9-11-22-23(15-18)27(32)21-7-5-4-6-20(21)26(22)31/h4-16H,1-3H3,(H,29,33)/b13-8+. The normalized spacial score (nSPS) is 13.0. The first-order chi connectivity index (χ1) is 17.3. The number of anilines is 1. The number of esters is 1. The molecule has 8 heteroatoms. The number of ether oxygens (including phenoxy) is 3. The number of carbonyl (C=O) groups is 4. The summed E-state index contributed by atoms with van der Waals surface area (Å²) >= 11 is 0. The highest BCUT2D eigenvalue weighted by Crippen LogP contribution is 2.29. The molecule has 0 bridgehead atoms. The van der Waals surface area contributed by atoms with Gasteiger partial charge in [0, 0.05) is 39.6 Å². The smallest absolute Gasteiger partial charge is 0.331 e. The first kappa shape index (κ1) is 24.4. The number of rotatable bonds is 7. The van der Waals surface area contributed by atoms with Gasteiger partial charge in [-0.2, -0.15) is 0 Å². The van der Waals surface area contributed by atoms with E-state index < -0.39 is 18.0 Å². The van der Waals surface area contributed by atoms with Crippen LogP contribution in [0.25, 0.3) is 6.08 Å². The molecule has 1 atom stereocenters. The summed E-state index contributed by atoms with van der Waals surface area (Å²) in [6.45, 7) is 1.43. The minimum Gasteiger partial charge on any atom is -0.497 e. The Morgan fingerprint density at radius 1 is 0.833 bits per heavy atom. The van der Waals surface area contributed by atoms with Gasteiger partial charge in [0.15, 0.2) is 17.7 Å². The van der Waals surface area contributed by atoms with Crippen molar-refractivity contribution in [2.45, 2.75) is 13.0 Å². The van der Waals surface area contributed by atoms with Crippen molar-refractivity contribution in [1.82, 2.24) is 0 Å². The lowest BCUT2D eigenvalue weighted by Crippen LogP contribution is -2.29. The minimum absolute atomic E-state index is 0.205. The number of hydrogen-bond donors (Lipinski definition) is 1. The molecule has 3 aromatic carbocycles. The van der Waals surface area contributed by atoms with E-state index >= 15 is 0 Å². The predicted molar refractivity (Wildman–Crippen MR) is 133 cm³/mol. The number of amides is 1. The molecule has 0 aromatic heterocycles. The molecule has 0 fully saturated rings. The van der Waals surface area contributed by atoms with E-state index in [2.05, 4.69) is 5.32 Å². The zero-order valence-electron chi connectivity index (χ0n) is 19.9. The van der Waals surface area contributed by atoms with E-state index in [-0.39, 0.29) is 22.7 Å². The SMILES string of the molecule is COc1ccc(OC)c(/C=C/C(=O)OC(C)C(=O)Nc2ccc3c(c2)C(=O)c2ccccc2C3=O)c1. The van der Waals surface area contributed by atoms with Crippen LogP contribution in [-0.2, 0) is 14.3 Å². The second-order valence-corrected chi connectivity index (χ2v) is 7.97. The lowest BCUT2D eigenvalue weighted by atomic mass is 9.84. The van der Waals surface area contributed by atoms with E-state index in [0.717, 1.165) is 0 Å². The molecule has 1 amide bonds. The van der Waals surface area contributed by atoms with E-state index in [1.54, 1.807) is 42.5 Å². The number of ketones is 2. The van der Waals surface area contributed by atoms with Crippen LogP contribution in [0.5, 0.6) is 11.5 Å². The number of benzene rings is 3. The van der Waals surface area contributed by atoms with Crippen molar-refractivity contribution in [3.05, 3.63) is 94.6 Å². The van der Waals surface area contributed by atoms with Gasteiger partial charge in [-0.3, -0.25) is 14.4 Å². The Morgan fingerprint density at radius 2 is 1.50 bits per heavy atom. The molecule has 0 radical (unpaired) electrons. The second-order valence-electron chi connectivity index (χ2n) is 7.97. The Kier molecular flexibility index (Phi) is 6.96. The first-order valence-electron chi connectivity index (χ1n) is 11.1. The minimum atomic E-state index is -1.12. The molecule has 36 heavy (non-hydrogen) atoms. The van der Waals surface area contributed by atoms with Gasteiger partial charge in [-0.05, 0) is 49.4 Å². The van der Waals surface area contributed by atoms with Crippen molar-refractivity contribution in [3.8, 4) is 11.5 Å². The highest BCUT2D eigenvalue weighted by molar-refractivity contribution is 6.28. The van der Waals surface area contributed by atoms with Crippen molar-refractivity contribution in [3.63, 3.8) is 0 Å². The highest BCUT2D eigenvalue weighted by Gasteiger charge is 2.29. The maximum atomic E-state index is 12.9. The van der Waals surface area contributed by atoms with Crippen LogP contribution < -0.4 is 14.8 Å². The molecule has 0 aliphatic heterocycles. The highest BCUT2D eigenvalue weighted by atomic mass is 16.5. The van der Waals surface area contributed by atoms with Crippen molar-refractivity contribution in [2.24, 2.45) is 0 Å². The van der Waals surface area contributed by atoms with Gasteiger partial charge in [0.1, 0.15) is 11.5 Å². The molecule has 1 aliphatic carbocycles. The summed E-state index contributed by atoms with van der Waals surface area (Å²) in [5, 5.41) is 2.62. The van der Waals surface area contributed by atoms with Crippen LogP contribution in [-0.4, -0.2) is 43.8 Å². The molecule has 1 unspecified atom stereocenters. The van der Waals surface area contributed by atoms with Crippen LogP contribution in [0.3, 0.4) is 0 Å². The third-order valence-electron chi connectivity index (χ3n) is 5.69. The van der Waals surface area contributed by atoms with Gasteiger partial charge in [0.2, 0.25) is 0 Å². The zero-order chi connectivity index (χ0) is 25.8. The van der Waals surface area contributed by atoms with Gasteiger partial charge in [0.05, 0.1) is 14.2 Å². The Hall–Kier alpha value is -4.72. The third kappa shape index (κ3) is 4.88. The molecule has 182 valence electrons. The molecule has 1 N–H and O–H groups in total. The molecule has 3 aromatic rings. The molecule has 0 saturated heterocycles. The molecular formula is C28H23NO7. The average Bonchev–Trinajstić information content (AvgIpc) is 2.90. The summed E-state index contributed by atoms with van der Waals surface area (Å²) in [5.74, 6) is -0.747. The number of nitrogens with one attached hydrogen (secondary N) is 1. The van der Waals surface area contributed by atoms with E-state index in [4.69, 9.17) is 14.2 Å².